The number of carbonyl (C=O) groups excluding carboxylic acids is 2. The van der Waals surface area contributed by atoms with Gasteiger partial charge in [-0.05, 0) is 37.6 Å². The third-order valence-corrected chi connectivity index (χ3v) is 5.25. The SMILES string of the molecule is COc1ccc(NCCCN2C(C)=CN3C2=NC2C3C(=O)NC(=O)N2C)cc1. The lowest BCUT2D eigenvalue weighted by Gasteiger charge is -2.34. The summed E-state index contributed by atoms with van der Waals surface area (Å²) in [6, 6.07) is 6.90. The first-order valence-corrected chi connectivity index (χ1v) is 9.27. The minimum atomic E-state index is -0.505. The molecule has 3 heterocycles. The number of hydrogen-bond acceptors (Lipinski definition) is 7. The fourth-order valence-corrected chi connectivity index (χ4v) is 3.70. The Balaban J connectivity index is 1.37. The van der Waals surface area contributed by atoms with E-state index in [2.05, 4.69) is 20.5 Å². The van der Waals surface area contributed by atoms with Gasteiger partial charge in [-0.1, -0.05) is 0 Å². The zero-order chi connectivity index (χ0) is 19.8. The second-order valence-electron chi connectivity index (χ2n) is 7.03. The Morgan fingerprint density at radius 3 is 2.71 bits per heavy atom. The van der Waals surface area contributed by atoms with Gasteiger partial charge in [0.15, 0.2) is 12.2 Å². The van der Waals surface area contributed by atoms with Crippen LogP contribution in [0.2, 0.25) is 0 Å². The number of carbonyl (C=O) groups is 2. The maximum atomic E-state index is 12.3. The summed E-state index contributed by atoms with van der Waals surface area (Å²) >= 11 is 0. The van der Waals surface area contributed by atoms with Crippen molar-refractivity contribution in [2.24, 2.45) is 4.99 Å². The van der Waals surface area contributed by atoms with E-state index < -0.39 is 18.2 Å². The Hall–Kier alpha value is -3.23. The molecule has 3 aliphatic heterocycles. The number of allylic oxidation sites excluding steroid dienone is 1. The van der Waals surface area contributed by atoms with Crippen LogP contribution < -0.4 is 15.4 Å². The van der Waals surface area contributed by atoms with Crippen molar-refractivity contribution in [3.63, 3.8) is 0 Å². The molecule has 2 unspecified atom stereocenters. The zero-order valence-electron chi connectivity index (χ0n) is 16.2. The third kappa shape index (κ3) is 3.02. The molecule has 9 nitrogen and oxygen atoms in total. The molecule has 3 aliphatic rings. The summed E-state index contributed by atoms with van der Waals surface area (Å²) in [4.78, 5) is 34.3. The molecule has 0 aromatic heterocycles. The van der Waals surface area contributed by atoms with Crippen molar-refractivity contribution >= 4 is 23.6 Å². The molecular formula is C19H24N6O3. The summed E-state index contributed by atoms with van der Waals surface area (Å²) < 4.78 is 5.16. The molecule has 0 spiro atoms. The Bertz CT molecular complexity index is 850. The number of fused-ring (bicyclic) bond motifs is 3. The number of urea groups is 1. The number of nitrogens with one attached hydrogen (secondary N) is 2. The van der Waals surface area contributed by atoms with Crippen molar-refractivity contribution < 1.29 is 14.3 Å². The predicted molar refractivity (Wildman–Crippen MR) is 105 cm³/mol. The molecule has 0 radical (unpaired) electrons. The van der Waals surface area contributed by atoms with Gasteiger partial charge in [-0.15, -0.1) is 0 Å². The van der Waals surface area contributed by atoms with E-state index in [4.69, 9.17) is 4.74 Å². The first kappa shape index (κ1) is 18.1. The molecule has 2 N–H and O–H groups in total. The number of ether oxygens (including phenoxy) is 1. The van der Waals surface area contributed by atoms with E-state index >= 15 is 0 Å². The van der Waals surface area contributed by atoms with Crippen molar-refractivity contribution in [1.82, 2.24) is 20.0 Å². The average molecular weight is 384 g/mol. The minimum absolute atomic E-state index is 0.307. The molecule has 2 atom stereocenters. The van der Waals surface area contributed by atoms with Crippen LogP contribution in [0.5, 0.6) is 5.75 Å². The number of rotatable bonds is 6. The quantitative estimate of drug-likeness (QED) is 0.717. The average Bonchev–Trinajstić information content (AvgIpc) is 3.19. The van der Waals surface area contributed by atoms with E-state index in [1.807, 2.05) is 42.3 Å². The largest absolute Gasteiger partial charge is 0.497 e. The predicted octanol–water partition coefficient (Wildman–Crippen LogP) is 1.22. The van der Waals surface area contributed by atoms with Gasteiger partial charge in [-0.25, -0.2) is 9.79 Å². The number of anilines is 1. The number of nitrogens with zero attached hydrogens (tertiary/aromatic N) is 4. The maximum absolute atomic E-state index is 12.3. The van der Waals surface area contributed by atoms with Gasteiger partial charge in [0.2, 0.25) is 5.96 Å². The van der Waals surface area contributed by atoms with Crippen LogP contribution in [0.1, 0.15) is 13.3 Å². The van der Waals surface area contributed by atoms with Gasteiger partial charge in [0, 0.05) is 37.7 Å². The summed E-state index contributed by atoms with van der Waals surface area (Å²) in [7, 11) is 3.31. The van der Waals surface area contributed by atoms with Crippen LogP contribution in [0, 0.1) is 0 Å². The Kier molecular flexibility index (Phi) is 4.58. The van der Waals surface area contributed by atoms with E-state index in [-0.39, 0.29) is 5.91 Å². The molecule has 28 heavy (non-hydrogen) atoms. The molecule has 1 aromatic carbocycles. The van der Waals surface area contributed by atoms with Crippen molar-refractivity contribution in [2.45, 2.75) is 25.6 Å². The van der Waals surface area contributed by atoms with E-state index in [9.17, 15) is 9.59 Å². The highest BCUT2D eigenvalue weighted by Gasteiger charge is 2.51. The fourth-order valence-electron chi connectivity index (χ4n) is 3.70. The van der Waals surface area contributed by atoms with Gasteiger partial charge in [-0.2, -0.15) is 0 Å². The molecule has 9 heteroatoms. The topological polar surface area (TPSA) is 89.5 Å². The van der Waals surface area contributed by atoms with Gasteiger partial charge in [-0.3, -0.25) is 10.1 Å². The normalized spacial score (nSPS) is 23.2. The molecule has 0 aliphatic carbocycles. The molecule has 0 bridgehead atoms. The smallest absolute Gasteiger partial charge is 0.325 e. The Morgan fingerprint density at radius 1 is 1.25 bits per heavy atom. The molecule has 148 valence electrons. The van der Waals surface area contributed by atoms with E-state index in [1.165, 1.54) is 4.90 Å². The highest BCUT2D eigenvalue weighted by atomic mass is 16.5. The molecule has 1 saturated heterocycles. The van der Waals surface area contributed by atoms with Crippen molar-refractivity contribution in [1.29, 1.82) is 0 Å². The number of hydrogen-bond donors (Lipinski definition) is 2. The van der Waals surface area contributed by atoms with Crippen LogP contribution in [-0.2, 0) is 4.79 Å². The number of aliphatic imine (C=N–C) groups is 1. The number of guanidine groups is 1. The van der Waals surface area contributed by atoms with Gasteiger partial charge in [0.1, 0.15) is 5.75 Å². The van der Waals surface area contributed by atoms with E-state index in [0.717, 1.165) is 42.6 Å². The van der Waals surface area contributed by atoms with E-state index in [0.29, 0.717) is 0 Å². The van der Waals surface area contributed by atoms with Crippen molar-refractivity contribution in [3.8, 4) is 5.75 Å². The monoisotopic (exact) mass is 384 g/mol. The molecule has 3 amide bonds. The molecule has 1 aromatic rings. The van der Waals surface area contributed by atoms with Crippen molar-refractivity contribution in [2.75, 3.05) is 32.6 Å². The lowest BCUT2D eigenvalue weighted by molar-refractivity contribution is -0.126. The first-order valence-electron chi connectivity index (χ1n) is 9.27. The van der Waals surface area contributed by atoms with Crippen molar-refractivity contribution in [3.05, 3.63) is 36.2 Å². The molecule has 1 fully saturated rings. The highest BCUT2D eigenvalue weighted by Crippen LogP contribution is 2.31. The zero-order valence-corrected chi connectivity index (χ0v) is 16.2. The fraction of sp³-hybridized carbons (Fsp3) is 0.421. The molecular weight excluding hydrogens is 360 g/mol. The van der Waals surface area contributed by atoms with Gasteiger partial charge in [0.05, 0.1) is 7.11 Å². The Morgan fingerprint density at radius 2 is 2.00 bits per heavy atom. The van der Waals surface area contributed by atoms with Crippen LogP contribution >= 0.6 is 0 Å². The maximum Gasteiger partial charge on any atom is 0.325 e. The van der Waals surface area contributed by atoms with Gasteiger partial charge in [0.25, 0.3) is 5.91 Å². The summed E-state index contributed by atoms with van der Waals surface area (Å²) in [5.41, 5.74) is 2.08. The third-order valence-electron chi connectivity index (χ3n) is 5.25. The lowest BCUT2D eigenvalue weighted by atomic mass is 10.1. The van der Waals surface area contributed by atoms with Crippen LogP contribution in [0.3, 0.4) is 0 Å². The second-order valence-corrected chi connectivity index (χ2v) is 7.03. The summed E-state index contributed by atoms with van der Waals surface area (Å²) in [5.74, 6) is 1.25. The van der Waals surface area contributed by atoms with Crippen LogP contribution in [0.4, 0.5) is 10.5 Å². The lowest BCUT2D eigenvalue weighted by Crippen LogP contribution is -2.62. The van der Waals surface area contributed by atoms with Crippen LogP contribution in [0.15, 0.2) is 41.2 Å². The Labute approximate surface area is 163 Å². The number of methoxy groups -OCH3 is 1. The van der Waals surface area contributed by atoms with Gasteiger partial charge >= 0.3 is 6.03 Å². The number of amides is 3. The number of imide groups is 1. The number of likely N-dealkylation sites (N-methyl/N-ethyl adjacent to an activating group) is 1. The minimum Gasteiger partial charge on any atom is -0.497 e. The molecule has 0 saturated carbocycles. The first-order chi connectivity index (χ1) is 13.5. The summed E-state index contributed by atoms with van der Waals surface area (Å²) in [6.07, 6.45) is 2.34. The summed E-state index contributed by atoms with van der Waals surface area (Å²) in [5, 5.41) is 5.78. The highest BCUT2D eigenvalue weighted by molar-refractivity contribution is 6.04. The number of benzene rings is 1. The van der Waals surface area contributed by atoms with Crippen LogP contribution in [0.25, 0.3) is 0 Å². The van der Waals surface area contributed by atoms with Crippen LogP contribution in [-0.4, -0.2) is 72.1 Å². The van der Waals surface area contributed by atoms with Gasteiger partial charge < -0.3 is 24.8 Å². The molecule has 4 rings (SSSR count). The van der Waals surface area contributed by atoms with E-state index in [1.54, 1.807) is 14.2 Å². The second kappa shape index (κ2) is 7.06. The standard InChI is InChI=1S/C19H24N6O3/c1-12-11-25-15-16(23(2)19(27)22-17(15)26)21-18(25)24(12)10-4-9-20-13-5-7-14(28-3)8-6-13/h5-8,11,15-16,20H,4,9-10H2,1-3H3,(H,22,26,27). The summed E-state index contributed by atoms with van der Waals surface area (Å²) in [6.45, 7) is 3.57.